The monoisotopic (exact) mass is 497 g/mol. The molecule has 0 bridgehead atoms. The number of hydrogen-bond acceptors (Lipinski definition) is 8. The molecule has 0 unspecified atom stereocenters. The molecular weight excluding hydrogens is 478 g/mol. The Morgan fingerprint density at radius 2 is 1.78 bits per heavy atom. The summed E-state index contributed by atoms with van der Waals surface area (Å²) < 4.78 is 22.3. The molecule has 37 heavy (non-hydrogen) atoms. The molecule has 6 rings (SSSR count). The Morgan fingerprint density at radius 3 is 2.54 bits per heavy atom. The van der Waals surface area contributed by atoms with Gasteiger partial charge < -0.3 is 23.1 Å². The maximum Gasteiger partial charge on any atom is 0.412 e. The number of hydrogen-bond donors (Lipinski definition) is 2. The van der Waals surface area contributed by atoms with E-state index in [1.807, 2.05) is 37.3 Å². The van der Waals surface area contributed by atoms with Gasteiger partial charge in [-0.2, -0.15) is 9.97 Å². The summed E-state index contributed by atoms with van der Waals surface area (Å²) in [7, 11) is 0. The number of carboxylic acid groups (broad SMARTS) is 1. The van der Waals surface area contributed by atoms with Crippen molar-refractivity contribution in [2.45, 2.75) is 31.8 Å². The number of ether oxygens (including phenoxy) is 1. The molecule has 0 spiro atoms. The fraction of sp³-hybridized carbons (Fsp3) is 0.185. The molecule has 5 aromatic rings. The summed E-state index contributed by atoms with van der Waals surface area (Å²) in [6.07, 6.45) is 0.247. The third-order valence-electron chi connectivity index (χ3n) is 6.27. The molecule has 0 radical (unpaired) electrons. The standard InChI is InChI=1S/C27H19N3O7/c1-15-6-2-3-7-16(15)14-34-26(33)29-21-17-8-4-5-9-18(17)35-19(21)10-11-20-28-22-23(36-20)30-24(37-22)27(12-13-27)25(31)32/h2-9H,12-14H2,1H3,(H,29,33)(H,31,32). The van der Waals surface area contributed by atoms with Crippen LogP contribution in [-0.4, -0.2) is 27.1 Å². The summed E-state index contributed by atoms with van der Waals surface area (Å²) in [6.45, 7) is 2.06. The van der Waals surface area contributed by atoms with Crippen molar-refractivity contribution in [2.75, 3.05) is 5.32 Å². The number of carboxylic acids is 1. The second-order valence-electron chi connectivity index (χ2n) is 8.72. The van der Waals surface area contributed by atoms with Gasteiger partial charge in [-0.25, -0.2) is 4.79 Å². The smallest absolute Gasteiger partial charge is 0.412 e. The van der Waals surface area contributed by atoms with Crippen molar-refractivity contribution < 1.29 is 32.7 Å². The van der Waals surface area contributed by atoms with Crippen LogP contribution in [0.3, 0.4) is 0 Å². The summed E-state index contributed by atoms with van der Waals surface area (Å²) in [5, 5.41) is 12.8. The van der Waals surface area contributed by atoms with Gasteiger partial charge in [0, 0.05) is 11.3 Å². The van der Waals surface area contributed by atoms with Crippen molar-refractivity contribution in [3.05, 3.63) is 77.2 Å². The van der Waals surface area contributed by atoms with E-state index < -0.39 is 17.5 Å². The van der Waals surface area contributed by atoms with E-state index in [-0.39, 0.29) is 35.6 Å². The van der Waals surface area contributed by atoms with Gasteiger partial charge in [0.25, 0.3) is 17.3 Å². The van der Waals surface area contributed by atoms with Crippen molar-refractivity contribution in [2.24, 2.45) is 0 Å². The number of carbonyl (C=O) groups excluding carboxylic acids is 1. The Balaban J connectivity index is 1.25. The molecule has 0 aliphatic heterocycles. The number of aliphatic carboxylic acids is 1. The minimum absolute atomic E-state index is 0.00140. The van der Waals surface area contributed by atoms with Gasteiger partial charge in [0.1, 0.15) is 23.3 Å². The zero-order valence-corrected chi connectivity index (χ0v) is 19.5. The maximum atomic E-state index is 12.6. The number of benzene rings is 2. The van der Waals surface area contributed by atoms with Gasteiger partial charge in [-0.1, -0.05) is 36.4 Å². The number of fused-ring (bicyclic) bond motifs is 2. The maximum absolute atomic E-state index is 12.6. The Hall–Kier alpha value is -5.04. The molecule has 2 aromatic carbocycles. The molecule has 3 heterocycles. The van der Waals surface area contributed by atoms with E-state index in [4.69, 9.17) is 18.0 Å². The lowest BCUT2D eigenvalue weighted by atomic mass is 10.1. The van der Waals surface area contributed by atoms with Crippen LogP contribution in [0.1, 0.15) is 41.5 Å². The van der Waals surface area contributed by atoms with Gasteiger partial charge in [-0.15, -0.1) is 0 Å². The number of amides is 1. The van der Waals surface area contributed by atoms with Crippen LogP contribution in [-0.2, 0) is 21.6 Å². The van der Waals surface area contributed by atoms with Crippen molar-refractivity contribution in [3.8, 4) is 11.8 Å². The Morgan fingerprint density at radius 1 is 1.03 bits per heavy atom. The number of rotatable bonds is 5. The number of nitrogens with zero attached hydrogens (tertiary/aromatic N) is 2. The zero-order chi connectivity index (χ0) is 25.6. The first-order valence-electron chi connectivity index (χ1n) is 11.5. The molecule has 184 valence electrons. The average molecular weight is 497 g/mol. The Kier molecular flexibility index (Phi) is 5.19. The van der Waals surface area contributed by atoms with Crippen molar-refractivity contribution in [3.63, 3.8) is 0 Å². The lowest BCUT2D eigenvalue weighted by Gasteiger charge is -2.08. The molecule has 2 N–H and O–H groups in total. The molecule has 10 nitrogen and oxygen atoms in total. The number of carbonyl (C=O) groups is 2. The van der Waals surface area contributed by atoms with E-state index in [2.05, 4.69) is 27.1 Å². The van der Waals surface area contributed by atoms with Gasteiger partial charge in [0.2, 0.25) is 11.7 Å². The van der Waals surface area contributed by atoms with Crippen LogP contribution in [0.2, 0.25) is 0 Å². The van der Waals surface area contributed by atoms with E-state index in [1.54, 1.807) is 18.2 Å². The predicted octanol–water partition coefficient (Wildman–Crippen LogP) is 5.14. The lowest BCUT2D eigenvalue weighted by Crippen LogP contribution is -2.19. The van der Waals surface area contributed by atoms with E-state index in [9.17, 15) is 14.7 Å². The summed E-state index contributed by atoms with van der Waals surface area (Å²) in [5.41, 5.74) is 1.82. The zero-order valence-electron chi connectivity index (χ0n) is 19.5. The van der Waals surface area contributed by atoms with E-state index >= 15 is 0 Å². The highest BCUT2D eigenvalue weighted by atomic mass is 16.5. The third-order valence-corrected chi connectivity index (χ3v) is 6.27. The van der Waals surface area contributed by atoms with Crippen LogP contribution < -0.4 is 5.32 Å². The molecule has 1 aliphatic rings. The molecule has 1 fully saturated rings. The summed E-state index contributed by atoms with van der Waals surface area (Å²) in [4.78, 5) is 32.4. The number of aromatic nitrogens is 2. The van der Waals surface area contributed by atoms with Crippen LogP contribution >= 0.6 is 0 Å². The van der Waals surface area contributed by atoms with Crippen molar-refractivity contribution in [1.82, 2.24) is 9.97 Å². The molecule has 1 aliphatic carbocycles. The van der Waals surface area contributed by atoms with Crippen LogP contribution in [0.15, 0.2) is 61.8 Å². The van der Waals surface area contributed by atoms with Crippen LogP contribution in [0, 0.1) is 18.8 Å². The molecule has 3 aromatic heterocycles. The van der Waals surface area contributed by atoms with Crippen LogP contribution in [0.4, 0.5) is 10.5 Å². The van der Waals surface area contributed by atoms with Gasteiger partial charge in [0.15, 0.2) is 0 Å². The number of aryl methyl sites for hydroxylation is 1. The second-order valence-corrected chi connectivity index (χ2v) is 8.72. The van der Waals surface area contributed by atoms with E-state index in [0.717, 1.165) is 11.1 Å². The normalized spacial score (nSPS) is 13.8. The average Bonchev–Trinajstić information content (AvgIpc) is 3.32. The molecule has 1 amide bonds. The number of para-hydroxylation sites is 1. The molecule has 1 saturated carbocycles. The molecule has 10 heteroatoms. The SMILES string of the molecule is Cc1ccccc1COC(=O)Nc1c(C#Cc2nc3oc(C4(C(=O)O)CC4)nc3o2)oc2ccccc12. The molecule has 0 atom stereocenters. The summed E-state index contributed by atoms with van der Waals surface area (Å²) in [6, 6.07) is 14.8. The lowest BCUT2D eigenvalue weighted by molar-refractivity contribution is -0.140. The van der Waals surface area contributed by atoms with Crippen molar-refractivity contribution >= 4 is 40.1 Å². The van der Waals surface area contributed by atoms with Crippen LogP contribution in [0.25, 0.3) is 22.4 Å². The third kappa shape index (κ3) is 4.06. The first-order valence-corrected chi connectivity index (χ1v) is 11.5. The number of furan rings is 1. The Bertz CT molecular complexity index is 1710. The quantitative estimate of drug-likeness (QED) is 0.316. The highest BCUT2D eigenvalue weighted by molar-refractivity contribution is 6.00. The van der Waals surface area contributed by atoms with Gasteiger partial charge in [-0.3, -0.25) is 10.1 Å². The largest absolute Gasteiger partial charge is 0.480 e. The van der Waals surface area contributed by atoms with E-state index in [1.165, 1.54) is 0 Å². The highest BCUT2D eigenvalue weighted by Crippen LogP contribution is 2.48. The minimum Gasteiger partial charge on any atom is -0.480 e. The number of anilines is 1. The minimum atomic E-state index is -1.10. The highest BCUT2D eigenvalue weighted by Gasteiger charge is 2.56. The fourth-order valence-electron chi connectivity index (χ4n) is 3.97. The first-order chi connectivity index (χ1) is 17.9. The van der Waals surface area contributed by atoms with Gasteiger partial charge in [0.05, 0.1) is 0 Å². The predicted molar refractivity (Wildman–Crippen MR) is 130 cm³/mol. The number of nitrogens with one attached hydrogen (secondary N) is 1. The van der Waals surface area contributed by atoms with Crippen molar-refractivity contribution in [1.29, 1.82) is 0 Å². The van der Waals surface area contributed by atoms with E-state index in [0.29, 0.717) is 29.5 Å². The fourth-order valence-corrected chi connectivity index (χ4v) is 3.97. The topological polar surface area (TPSA) is 141 Å². The van der Waals surface area contributed by atoms with Gasteiger partial charge >= 0.3 is 12.1 Å². The summed E-state index contributed by atoms with van der Waals surface area (Å²) >= 11 is 0. The summed E-state index contributed by atoms with van der Waals surface area (Å²) in [5.74, 6) is 4.84. The molecule has 0 saturated heterocycles. The second kappa shape index (κ2) is 8.57. The first kappa shape index (κ1) is 22.4. The number of oxazole rings is 2. The Labute approximate surface area is 209 Å². The van der Waals surface area contributed by atoms with Crippen LogP contribution in [0.5, 0.6) is 0 Å². The molecular formula is C27H19N3O7. The van der Waals surface area contributed by atoms with Gasteiger partial charge in [-0.05, 0) is 48.9 Å².